The maximum absolute atomic E-state index is 5.44. The first-order valence-electron chi connectivity index (χ1n) is 11.4. The topological polar surface area (TPSA) is 51.5 Å². The lowest BCUT2D eigenvalue weighted by Crippen LogP contribution is -3.11. The molecule has 0 spiro atoms. The molecular weight excluding hydrogens is 500 g/mol. The van der Waals surface area contributed by atoms with E-state index in [1.807, 2.05) is 42.5 Å². The van der Waals surface area contributed by atoms with Crippen molar-refractivity contribution in [1.82, 2.24) is 9.97 Å². The van der Waals surface area contributed by atoms with E-state index in [1.54, 1.807) is 12.0 Å². The fourth-order valence-corrected chi connectivity index (χ4v) is 4.01. The van der Waals surface area contributed by atoms with Crippen LogP contribution in [0.3, 0.4) is 0 Å². The predicted molar refractivity (Wildman–Crippen MR) is 138 cm³/mol. The Kier molecular flexibility index (Phi) is 11.1. The third kappa shape index (κ3) is 7.98. The van der Waals surface area contributed by atoms with Gasteiger partial charge in [-0.1, -0.05) is 34.1 Å². The Bertz CT molecular complexity index is 1040. The van der Waals surface area contributed by atoms with Crippen LogP contribution in [0.5, 0.6) is 5.75 Å². The number of methoxy groups -OCH3 is 1. The standard InChI is InChI=1S/C26H33BrN4O.ClH/c1-5-31(6-2)17-7-8-19(3)28-26-23-18-22(32-4)14-15-24(23)29-25(30-26)16-11-20-9-12-21(27)13-10-20;/h9-16,18-19H,5-8,17H2,1-4H3,(H,28,29,30);1H. The molecule has 2 N–H and O–H groups in total. The highest BCUT2D eigenvalue weighted by Crippen LogP contribution is 2.26. The van der Waals surface area contributed by atoms with Crippen molar-refractivity contribution in [3.63, 3.8) is 0 Å². The number of hydrogen-bond acceptors (Lipinski definition) is 4. The number of rotatable bonds is 11. The summed E-state index contributed by atoms with van der Waals surface area (Å²) in [5, 5.41) is 4.61. The summed E-state index contributed by atoms with van der Waals surface area (Å²) in [4.78, 5) is 11.2. The molecule has 0 bridgehead atoms. The van der Waals surface area contributed by atoms with Crippen LogP contribution >= 0.6 is 15.9 Å². The van der Waals surface area contributed by atoms with Gasteiger partial charge >= 0.3 is 0 Å². The fourth-order valence-electron chi connectivity index (χ4n) is 3.75. The molecule has 1 heterocycles. The quantitative estimate of drug-likeness (QED) is 0.396. The molecule has 0 radical (unpaired) electrons. The van der Waals surface area contributed by atoms with Crippen LogP contribution in [-0.2, 0) is 0 Å². The monoisotopic (exact) mass is 532 g/mol. The van der Waals surface area contributed by atoms with Gasteiger partial charge in [-0.05, 0) is 75.6 Å². The molecule has 1 atom stereocenters. The molecule has 0 amide bonds. The van der Waals surface area contributed by atoms with Crippen LogP contribution in [0.1, 0.15) is 45.0 Å². The molecule has 1 aromatic heterocycles. The molecule has 0 aliphatic rings. The number of quaternary nitrogens is 1. The molecular formula is C26H34BrClN4O. The van der Waals surface area contributed by atoms with E-state index in [9.17, 15) is 0 Å². The summed E-state index contributed by atoms with van der Waals surface area (Å²) in [6, 6.07) is 14.4. The normalized spacial score (nSPS) is 12.2. The van der Waals surface area contributed by atoms with Crippen LogP contribution in [0.2, 0.25) is 0 Å². The van der Waals surface area contributed by atoms with Crippen molar-refractivity contribution in [1.29, 1.82) is 0 Å². The number of fused-ring (bicyclic) bond motifs is 1. The van der Waals surface area contributed by atoms with Crippen molar-refractivity contribution in [2.75, 3.05) is 32.1 Å². The van der Waals surface area contributed by atoms with E-state index in [1.165, 1.54) is 26.1 Å². The zero-order valence-corrected chi connectivity index (χ0v) is 22.2. The molecule has 0 aliphatic carbocycles. The maximum atomic E-state index is 5.44. The Morgan fingerprint density at radius 3 is 2.45 bits per heavy atom. The Morgan fingerprint density at radius 2 is 1.79 bits per heavy atom. The fraction of sp³-hybridized carbons (Fsp3) is 0.385. The minimum absolute atomic E-state index is 0. The summed E-state index contributed by atoms with van der Waals surface area (Å²) in [6.07, 6.45) is 6.29. The minimum atomic E-state index is 0. The smallest absolute Gasteiger partial charge is 0.154 e. The lowest BCUT2D eigenvalue weighted by molar-refractivity contribution is -0.896. The zero-order chi connectivity index (χ0) is 22.9. The molecule has 5 nitrogen and oxygen atoms in total. The van der Waals surface area contributed by atoms with E-state index in [-0.39, 0.29) is 12.4 Å². The molecule has 3 aromatic rings. The lowest BCUT2D eigenvalue weighted by atomic mass is 10.1. The second-order valence-electron chi connectivity index (χ2n) is 8.09. The Labute approximate surface area is 212 Å². The van der Waals surface area contributed by atoms with Gasteiger partial charge in [-0.3, -0.25) is 0 Å². The van der Waals surface area contributed by atoms with Crippen LogP contribution in [0, 0.1) is 0 Å². The zero-order valence-electron chi connectivity index (χ0n) is 19.9. The first-order valence-corrected chi connectivity index (χ1v) is 12.2. The van der Waals surface area contributed by atoms with E-state index in [4.69, 9.17) is 14.7 Å². The Morgan fingerprint density at radius 1 is 1.06 bits per heavy atom. The highest BCUT2D eigenvalue weighted by Gasteiger charge is 2.12. The summed E-state index contributed by atoms with van der Waals surface area (Å²) in [5.74, 6) is 2.35. The SMILES string of the molecule is CC[NH+](CC)CCCC(C)Nc1nc(C=Cc2ccc(Br)cc2)nc2ccc(OC)cc12.[Cl-]. The Balaban J connectivity index is 0.00000385. The van der Waals surface area contributed by atoms with Crippen molar-refractivity contribution >= 4 is 44.8 Å². The molecule has 0 fully saturated rings. The summed E-state index contributed by atoms with van der Waals surface area (Å²) in [5.41, 5.74) is 2.01. The molecule has 1 unspecified atom stereocenters. The number of halogens is 2. The molecule has 33 heavy (non-hydrogen) atoms. The van der Waals surface area contributed by atoms with Crippen LogP contribution in [0.25, 0.3) is 23.1 Å². The highest BCUT2D eigenvalue weighted by molar-refractivity contribution is 9.10. The van der Waals surface area contributed by atoms with Gasteiger partial charge in [0.2, 0.25) is 0 Å². The molecule has 0 saturated carbocycles. The summed E-state index contributed by atoms with van der Waals surface area (Å²) in [6.45, 7) is 10.3. The molecule has 3 rings (SSSR count). The second kappa shape index (κ2) is 13.5. The van der Waals surface area contributed by atoms with Gasteiger partial charge < -0.3 is 27.4 Å². The molecule has 7 heteroatoms. The van der Waals surface area contributed by atoms with Crippen molar-refractivity contribution in [2.45, 2.75) is 39.7 Å². The van der Waals surface area contributed by atoms with Crippen LogP contribution in [0.4, 0.5) is 5.82 Å². The van der Waals surface area contributed by atoms with Gasteiger partial charge in [0.05, 0.1) is 32.3 Å². The van der Waals surface area contributed by atoms with Gasteiger partial charge in [0.15, 0.2) is 5.82 Å². The van der Waals surface area contributed by atoms with E-state index < -0.39 is 0 Å². The molecule has 178 valence electrons. The number of ether oxygens (including phenoxy) is 1. The van der Waals surface area contributed by atoms with Crippen molar-refractivity contribution in [3.8, 4) is 5.75 Å². The van der Waals surface area contributed by atoms with Crippen molar-refractivity contribution in [2.24, 2.45) is 0 Å². The molecule has 0 saturated heterocycles. The van der Waals surface area contributed by atoms with E-state index in [0.717, 1.165) is 38.9 Å². The average molecular weight is 534 g/mol. The number of anilines is 1. The largest absolute Gasteiger partial charge is 1.00 e. The van der Waals surface area contributed by atoms with Crippen LogP contribution in [0.15, 0.2) is 46.9 Å². The number of nitrogens with zero attached hydrogens (tertiary/aromatic N) is 2. The maximum Gasteiger partial charge on any atom is 0.154 e. The van der Waals surface area contributed by atoms with Gasteiger partial charge in [0, 0.05) is 15.9 Å². The van der Waals surface area contributed by atoms with Crippen LogP contribution in [-0.4, -0.2) is 42.8 Å². The van der Waals surface area contributed by atoms with E-state index in [2.05, 4.69) is 54.2 Å². The van der Waals surface area contributed by atoms with Gasteiger partial charge in [-0.2, -0.15) is 0 Å². The van der Waals surface area contributed by atoms with Crippen molar-refractivity contribution < 1.29 is 22.0 Å². The van der Waals surface area contributed by atoms with E-state index >= 15 is 0 Å². The third-order valence-electron chi connectivity index (χ3n) is 5.77. The van der Waals surface area contributed by atoms with Crippen molar-refractivity contribution in [3.05, 3.63) is 58.3 Å². The van der Waals surface area contributed by atoms with E-state index in [0.29, 0.717) is 11.9 Å². The van der Waals surface area contributed by atoms with Gasteiger partial charge in [0.25, 0.3) is 0 Å². The number of hydrogen-bond donors (Lipinski definition) is 2. The highest BCUT2D eigenvalue weighted by atomic mass is 79.9. The minimum Gasteiger partial charge on any atom is -1.00 e. The van der Waals surface area contributed by atoms with Gasteiger partial charge in [-0.15, -0.1) is 0 Å². The summed E-state index contributed by atoms with van der Waals surface area (Å²) in [7, 11) is 1.68. The summed E-state index contributed by atoms with van der Waals surface area (Å²) >= 11 is 3.48. The van der Waals surface area contributed by atoms with Crippen LogP contribution < -0.4 is 27.4 Å². The molecule has 0 aliphatic heterocycles. The molecule has 2 aromatic carbocycles. The second-order valence-corrected chi connectivity index (χ2v) is 9.01. The number of nitrogens with one attached hydrogen (secondary N) is 2. The lowest BCUT2D eigenvalue weighted by Gasteiger charge is -2.19. The average Bonchev–Trinajstić information content (AvgIpc) is 2.81. The summed E-state index contributed by atoms with van der Waals surface area (Å²) < 4.78 is 6.50. The predicted octanol–water partition coefficient (Wildman–Crippen LogP) is 2.08. The first-order chi connectivity index (χ1) is 15.5. The first kappa shape index (κ1) is 27.1. The number of benzene rings is 2. The third-order valence-corrected chi connectivity index (χ3v) is 6.29. The number of aromatic nitrogens is 2. The van der Waals surface area contributed by atoms with Gasteiger partial charge in [-0.25, -0.2) is 9.97 Å². The van der Waals surface area contributed by atoms with Gasteiger partial charge in [0.1, 0.15) is 11.6 Å². The Hall–Kier alpha value is -2.15.